The van der Waals surface area contributed by atoms with Crippen LogP contribution < -0.4 is 10.2 Å². The molecule has 2 aromatic carbocycles. The normalized spacial score (nSPS) is 10.5. The number of ether oxygens (including phenoxy) is 1. The quantitative estimate of drug-likeness (QED) is 0.331. The van der Waals surface area contributed by atoms with Crippen molar-refractivity contribution in [2.45, 2.75) is 6.42 Å². The lowest BCUT2D eigenvalue weighted by Crippen LogP contribution is -2.24. The van der Waals surface area contributed by atoms with Gasteiger partial charge in [-0.25, -0.2) is 5.43 Å². The molecule has 0 aliphatic rings. The van der Waals surface area contributed by atoms with Crippen LogP contribution in [-0.2, 0) is 11.2 Å². The Labute approximate surface area is 155 Å². The highest BCUT2D eigenvalue weighted by molar-refractivity contribution is 6.32. The Morgan fingerprint density at radius 3 is 2.81 bits per heavy atom. The van der Waals surface area contributed by atoms with E-state index in [-0.39, 0.29) is 17.3 Å². The predicted octanol–water partition coefficient (Wildman–Crippen LogP) is 3.51. The summed E-state index contributed by atoms with van der Waals surface area (Å²) in [6.07, 6.45) is 3.72. The highest BCUT2D eigenvalue weighted by Gasteiger charge is 2.11. The number of benzene rings is 2. The molecule has 26 heavy (non-hydrogen) atoms. The number of nitro groups is 1. The Morgan fingerprint density at radius 1 is 1.35 bits per heavy atom. The van der Waals surface area contributed by atoms with Crippen molar-refractivity contribution in [3.8, 4) is 5.75 Å². The van der Waals surface area contributed by atoms with E-state index in [0.717, 1.165) is 5.56 Å². The van der Waals surface area contributed by atoms with E-state index in [1.165, 1.54) is 24.4 Å². The van der Waals surface area contributed by atoms with Crippen LogP contribution in [0.3, 0.4) is 0 Å². The van der Waals surface area contributed by atoms with Crippen LogP contribution in [0, 0.1) is 10.1 Å². The molecule has 2 aromatic rings. The van der Waals surface area contributed by atoms with Gasteiger partial charge in [0, 0.05) is 6.07 Å². The van der Waals surface area contributed by atoms with Crippen LogP contribution in [0.1, 0.15) is 11.1 Å². The van der Waals surface area contributed by atoms with Crippen molar-refractivity contribution in [3.05, 3.63) is 81.4 Å². The molecule has 0 atom stereocenters. The number of carbonyl (C=O) groups excluding carboxylic acids is 1. The molecule has 0 aliphatic carbocycles. The molecular formula is C18H16ClN3O4. The number of carbonyl (C=O) groups is 1. The molecule has 2 rings (SSSR count). The zero-order valence-electron chi connectivity index (χ0n) is 13.7. The maximum Gasteiger partial charge on any atom is 0.287 e. The predicted molar refractivity (Wildman–Crippen MR) is 99.7 cm³/mol. The molecule has 7 nitrogen and oxygen atoms in total. The second-order valence-corrected chi connectivity index (χ2v) is 5.56. The zero-order chi connectivity index (χ0) is 18.9. The number of hydrogen-bond donors (Lipinski definition) is 1. The van der Waals surface area contributed by atoms with E-state index in [9.17, 15) is 14.9 Å². The van der Waals surface area contributed by atoms with Crippen molar-refractivity contribution < 1.29 is 14.5 Å². The summed E-state index contributed by atoms with van der Waals surface area (Å²) in [5.41, 5.74) is 3.57. The minimum Gasteiger partial charge on any atom is -0.483 e. The van der Waals surface area contributed by atoms with E-state index in [2.05, 4.69) is 17.1 Å². The molecule has 0 spiro atoms. The van der Waals surface area contributed by atoms with Crippen LogP contribution in [0.5, 0.6) is 5.75 Å². The van der Waals surface area contributed by atoms with Gasteiger partial charge in [0.1, 0.15) is 10.8 Å². The molecule has 0 aliphatic heterocycles. The minimum absolute atomic E-state index is 0.00700. The van der Waals surface area contributed by atoms with Crippen LogP contribution in [0.2, 0.25) is 5.02 Å². The smallest absolute Gasteiger partial charge is 0.287 e. The van der Waals surface area contributed by atoms with Crippen LogP contribution in [0.25, 0.3) is 0 Å². The van der Waals surface area contributed by atoms with Gasteiger partial charge in [0.15, 0.2) is 6.61 Å². The molecule has 0 bridgehead atoms. The van der Waals surface area contributed by atoms with E-state index < -0.39 is 10.8 Å². The summed E-state index contributed by atoms with van der Waals surface area (Å²) < 4.78 is 5.49. The number of nitrogens with one attached hydrogen (secondary N) is 1. The van der Waals surface area contributed by atoms with E-state index in [4.69, 9.17) is 16.3 Å². The van der Waals surface area contributed by atoms with E-state index in [1.807, 2.05) is 18.2 Å². The van der Waals surface area contributed by atoms with Crippen molar-refractivity contribution in [2.75, 3.05) is 6.61 Å². The van der Waals surface area contributed by atoms with Gasteiger partial charge in [-0.3, -0.25) is 14.9 Å². The van der Waals surface area contributed by atoms with Gasteiger partial charge < -0.3 is 4.74 Å². The van der Waals surface area contributed by atoms with Gasteiger partial charge in [-0.15, -0.1) is 6.58 Å². The average Bonchev–Trinajstić information content (AvgIpc) is 2.61. The molecule has 0 radical (unpaired) electrons. The first kappa shape index (κ1) is 19.1. The summed E-state index contributed by atoms with van der Waals surface area (Å²) >= 11 is 5.81. The van der Waals surface area contributed by atoms with Gasteiger partial charge in [-0.05, 0) is 35.7 Å². The van der Waals surface area contributed by atoms with Gasteiger partial charge >= 0.3 is 0 Å². The van der Waals surface area contributed by atoms with Crippen LogP contribution in [0.15, 0.2) is 60.2 Å². The van der Waals surface area contributed by atoms with Crippen molar-refractivity contribution in [1.82, 2.24) is 5.43 Å². The number of nitrogens with zero attached hydrogens (tertiary/aromatic N) is 2. The standard InChI is InChI=1S/C18H16ClN3O4/c1-2-5-14-6-3-4-7-17(14)26-12-18(23)21-20-11-13-8-9-16(22(24)25)15(19)10-13/h2-4,6-11H,1,5,12H2,(H,21,23)/b20-11+. The zero-order valence-corrected chi connectivity index (χ0v) is 14.5. The number of para-hydroxylation sites is 1. The van der Waals surface area contributed by atoms with Gasteiger partial charge in [0.25, 0.3) is 11.6 Å². The SMILES string of the molecule is C=CCc1ccccc1OCC(=O)N/N=C/c1ccc([N+](=O)[O-])c(Cl)c1. The van der Waals surface area contributed by atoms with Crippen molar-refractivity contribution >= 4 is 29.4 Å². The third-order valence-electron chi connectivity index (χ3n) is 3.27. The monoisotopic (exact) mass is 373 g/mol. The number of halogens is 1. The summed E-state index contributed by atoms with van der Waals surface area (Å²) in [4.78, 5) is 21.9. The molecule has 0 saturated heterocycles. The number of allylic oxidation sites excluding steroid dienone is 1. The molecule has 8 heteroatoms. The largest absolute Gasteiger partial charge is 0.483 e. The fourth-order valence-electron chi connectivity index (χ4n) is 2.07. The summed E-state index contributed by atoms with van der Waals surface area (Å²) in [6.45, 7) is 3.48. The lowest BCUT2D eigenvalue weighted by Gasteiger charge is -2.09. The molecule has 1 amide bonds. The van der Waals surface area contributed by atoms with Crippen LogP contribution in [0.4, 0.5) is 5.69 Å². The molecule has 0 aromatic heterocycles. The van der Waals surface area contributed by atoms with Crippen LogP contribution in [-0.4, -0.2) is 23.7 Å². The van der Waals surface area contributed by atoms with E-state index in [0.29, 0.717) is 17.7 Å². The number of hydrazone groups is 1. The second-order valence-electron chi connectivity index (χ2n) is 5.15. The average molecular weight is 374 g/mol. The lowest BCUT2D eigenvalue weighted by molar-refractivity contribution is -0.384. The number of amides is 1. The summed E-state index contributed by atoms with van der Waals surface area (Å²) in [7, 11) is 0. The minimum atomic E-state index is -0.577. The fourth-order valence-corrected chi connectivity index (χ4v) is 2.33. The molecule has 134 valence electrons. The molecule has 0 saturated carbocycles. The van der Waals surface area contributed by atoms with Crippen molar-refractivity contribution in [2.24, 2.45) is 5.10 Å². The Hall–Kier alpha value is -3.19. The Bertz CT molecular complexity index is 852. The summed E-state index contributed by atoms with van der Waals surface area (Å²) in [5, 5.41) is 14.5. The third kappa shape index (κ3) is 5.42. The topological polar surface area (TPSA) is 93.8 Å². The van der Waals surface area contributed by atoms with E-state index >= 15 is 0 Å². The molecule has 0 unspecified atom stereocenters. The maximum absolute atomic E-state index is 11.8. The molecule has 1 N–H and O–H groups in total. The lowest BCUT2D eigenvalue weighted by atomic mass is 10.1. The molecular weight excluding hydrogens is 358 g/mol. The Kier molecular flexibility index (Phi) is 6.87. The highest BCUT2D eigenvalue weighted by Crippen LogP contribution is 2.24. The fraction of sp³-hybridized carbons (Fsp3) is 0.111. The first-order valence-electron chi connectivity index (χ1n) is 7.58. The third-order valence-corrected chi connectivity index (χ3v) is 3.57. The Morgan fingerprint density at radius 2 is 2.12 bits per heavy atom. The maximum atomic E-state index is 11.8. The number of hydrogen-bond acceptors (Lipinski definition) is 5. The first-order chi connectivity index (χ1) is 12.5. The van der Waals surface area contributed by atoms with Crippen LogP contribution >= 0.6 is 11.6 Å². The second kappa shape index (κ2) is 9.33. The van der Waals surface area contributed by atoms with Gasteiger partial charge in [0.2, 0.25) is 0 Å². The molecule has 0 fully saturated rings. The van der Waals surface area contributed by atoms with Crippen molar-refractivity contribution in [3.63, 3.8) is 0 Å². The number of rotatable bonds is 8. The summed E-state index contributed by atoms with van der Waals surface area (Å²) in [6, 6.07) is 11.5. The Balaban J connectivity index is 1.89. The van der Waals surface area contributed by atoms with Gasteiger partial charge in [-0.2, -0.15) is 5.10 Å². The number of nitro benzene ring substituents is 1. The molecule has 0 heterocycles. The van der Waals surface area contributed by atoms with Gasteiger partial charge in [-0.1, -0.05) is 35.9 Å². The first-order valence-corrected chi connectivity index (χ1v) is 7.96. The van der Waals surface area contributed by atoms with Gasteiger partial charge in [0.05, 0.1) is 11.1 Å². The van der Waals surface area contributed by atoms with Crippen molar-refractivity contribution in [1.29, 1.82) is 0 Å². The highest BCUT2D eigenvalue weighted by atomic mass is 35.5. The summed E-state index contributed by atoms with van der Waals surface area (Å²) in [5.74, 6) is 0.163. The van der Waals surface area contributed by atoms with E-state index in [1.54, 1.807) is 12.1 Å².